The van der Waals surface area contributed by atoms with E-state index in [-0.39, 0.29) is 0 Å². The molecule has 1 aliphatic rings. The number of rotatable bonds is 4. The van der Waals surface area contributed by atoms with Crippen LogP contribution in [0.15, 0.2) is 54.9 Å². The van der Waals surface area contributed by atoms with Crippen molar-refractivity contribution in [2.24, 2.45) is 0 Å². The summed E-state index contributed by atoms with van der Waals surface area (Å²) in [5.74, 6) is 1.22. The fourth-order valence-electron chi connectivity index (χ4n) is 4.45. The zero-order valence-corrected chi connectivity index (χ0v) is 18.7. The van der Waals surface area contributed by atoms with Gasteiger partial charge in [-0.25, -0.2) is 14.5 Å². The Kier molecular flexibility index (Phi) is 4.80. The molecule has 1 fully saturated rings. The number of benzene rings is 1. The first kappa shape index (κ1) is 19.9. The molecular formula is C25H25N7O. The Balaban J connectivity index is 1.50. The van der Waals surface area contributed by atoms with Crippen molar-refractivity contribution in [2.75, 3.05) is 13.1 Å². The van der Waals surface area contributed by atoms with E-state index in [4.69, 9.17) is 19.9 Å². The van der Waals surface area contributed by atoms with Crippen LogP contribution in [-0.2, 0) is 0 Å². The Morgan fingerprint density at radius 3 is 2.58 bits per heavy atom. The number of nitrogens with zero attached hydrogens (tertiary/aromatic N) is 6. The molecule has 33 heavy (non-hydrogen) atoms. The summed E-state index contributed by atoms with van der Waals surface area (Å²) in [7, 11) is 0. The number of ether oxygens (including phenoxy) is 1. The van der Waals surface area contributed by atoms with Crippen molar-refractivity contribution in [3.05, 3.63) is 66.1 Å². The van der Waals surface area contributed by atoms with E-state index in [2.05, 4.69) is 27.2 Å². The first-order chi connectivity index (χ1) is 16.1. The number of aryl methyl sites for hydroxylation is 2. The molecule has 5 aromatic rings. The van der Waals surface area contributed by atoms with E-state index >= 15 is 0 Å². The lowest BCUT2D eigenvalue weighted by molar-refractivity contribution is 0.344. The van der Waals surface area contributed by atoms with Crippen molar-refractivity contribution < 1.29 is 4.74 Å². The minimum absolute atomic E-state index is 0.373. The molecule has 0 unspecified atom stereocenters. The maximum absolute atomic E-state index is 6.23. The van der Waals surface area contributed by atoms with Crippen LogP contribution in [0.2, 0.25) is 0 Å². The molecular weight excluding hydrogens is 414 g/mol. The van der Waals surface area contributed by atoms with Gasteiger partial charge >= 0.3 is 0 Å². The summed E-state index contributed by atoms with van der Waals surface area (Å²) in [5.41, 5.74) is 5.11. The number of pyridine rings is 1. The summed E-state index contributed by atoms with van der Waals surface area (Å²) in [6, 6.07) is 14.2. The molecule has 5 heterocycles. The molecule has 166 valence electrons. The van der Waals surface area contributed by atoms with Gasteiger partial charge in [0, 0.05) is 11.6 Å². The van der Waals surface area contributed by atoms with E-state index in [0.29, 0.717) is 11.9 Å². The molecule has 8 heteroatoms. The van der Waals surface area contributed by atoms with Gasteiger partial charge in [0.05, 0.1) is 23.6 Å². The summed E-state index contributed by atoms with van der Waals surface area (Å²) in [4.78, 5) is 9.44. The quantitative estimate of drug-likeness (QED) is 0.445. The van der Waals surface area contributed by atoms with E-state index in [9.17, 15) is 0 Å². The van der Waals surface area contributed by atoms with E-state index in [1.165, 1.54) is 0 Å². The van der Waals surface area contributed by atoms with Gasteiger partial charge in [0.2, 0.25) is 5.88 Å². The SMILES string of the molecule is Cc1cn2nc(-c3cc4cn(C5CCNCC5)nc4c(Oc4ccccc4)n3)cc(C)c2n1. The third kappa shape index (κ3) is 3.72. The van der Waals surface area contributed by atoms with Gasteiger partial charge in [-0.2, -0.15) is 10.2 Å². The summed E-state index contributed by atoms with van der Waals surface area (Å²) in [5, 5.41) is 14.1. The zero-order valence-electron chi connectivity index (χ0n) is 18.7. The van der Waals surface area contributed by atoms with E-state index < -0.39 is 0 Å². The number of piperidine rings is 1. The monoisotopic (exact) mass is 439 g/mol. The van der Waals surface area contributed by atoms with E-state index in [0.717, 1.165) is 70.9 Å². The number of hydrogen-bond acceptors (Lipinski definition) is 6. The van der Waals surface area contributed by atoms with Crippen LogP contribution in [-0.4, -0.2) is 42.5 Å². The first-order valence-corrected chi connectivity index (χ1v) is 11.3. The van der Waals surface area contributed by atoms with Crippen molar-refractivity contribution in [2.45, 2.75) is 32.7 Å². The smallest absolute Gasteiger partial charge is 0.248 e. The molecule has 0 atom stereocenters. The maximum Gasteiger partial charge on any atom is 0.248 e. The van der Waals surface area contributed by atoms with E-state index in [1.807, 2.05) is 61.0 Å². The van der Waals surface area contributed by atoms with Crippen molar-refractivity contribution in [1.82, 2.24) is 34.7 Å². The largest absolute Gasteiger partial charge is 0.437 e. The number of aromatic nitrogens is 6. The van der Waals surface area contributed by atoms with Gasteiger partial charge in [0.15, 0.2) is 11.2 Å². The lowest BCUT2D eigenvalue weighted by Gasteiger charge is -2.22. The number of fused-ring (bicyclic) bond motifs is 2. The number of nitrogens with one attached hydrogen (secondary N) is 1. The molecule has 0 aliphatic carbocycles. The summed E-state index contributed by atoms with van der Waals surface area (Å²) < 4.78 is 10.1. The Hall–Kier alpha value is -3.78. The molecule has 0 bridgehead atoms. The van der Waals surface area contributed by atoms with Crippen LogP contribution in [0.1, 0.15) is 30.1 Å². The summed E-state index contributed by atoms with van der Waals surface area (Å²) >= 11 is 0. The number of imidazole rings is 1. The van der Waals surface area contributed by atoms with Crippen LogP contribution < -0.4 is 10.1 Å². The predicted octanol–water partition coefficient (Wildman–Crippen LogP) is 4.47. The predicted molar refractivity (Wildman–Crippen MR) is 127 cm³/mol. The summed E-state index contributed by atoms with van der Waals surface area (Å²) in [6.45, 7) is 6.03. The second-order valence-electron chi connectivity index (χ2n) is 8.62. The minimum atomic E-state index is 0.373. The molecule has 0 saturated carbocycles. The number of para-hydroxylation sites is 1. The third-order valence-corrected chi connectivity index (χ3v) is 6.11. The molecule has 6 rings (SSSR count). The molecule has 1 aromatic carbocycles. The maximum atomic E-state index is 6.23. The Morgan fingerprint density at radius 2 is 1.76 bits per heavy atom. The average Bonchev–Trinajstić information content (AvgIpc) is 3.44. The Labute approximate surface area is 191 Å². The molecule has 0 spiro atoms. The van der Waals surface area contributed by atoms with Gasteiger partial charge in [-0.05, 0) is 69.6 Å². The standard InChI is InChI=1S/C25H25N7O/c1-16-12-22(29-32-14-17(2)27-24(16)32)21-13-18-15-31(19-8-10-26-11-9-19)30-23(18)25(28-21)33-20-6-4-3-5-7-20/h3-7,12-15,19,26H,8-11H2,1-2H3. The van der Waals surface area contributed by atoms with Crippen molar-refractivity contribution in [1.29, 1.82) is 0 Å². The van der Waals surface area contributed by atoms with Crippen molar-refractivity contribution in [3.63, 3.8) is 0 Å². The lowest BCUT2D eigenvalue weighted by Crippen LogP contribution is -2.29. The van der Waals surface area contributed by atoms with E-state index in [1.54, 1.807) is 0 Å². The summed E-state index contributed by atoms with van der Waals surface area (Å²) in [6.07, 6.45) is 6.16. The molecule has 0 radical (unpaired) electrons. The van der Waals surface area contributed by atoms with Crippen LogP contribution in [0.25, 0.3) is 27.9 Å². The second-order valence-corrected chi connectivity index (χ2v) is 8.62. The molecule has 1 saturated heterocycles. The lowest BCUT2D eigenvalue weighted by atomic mass is 10.1. The molecule has 1 N–H and O–H groups in total. The number of hydrogen-bond donors (Lipinski definition) is 1. The van der Waals surface area contributed by atoms with Gasteiger partial charge in [0.25, 0.3) is 0 Å². The third-order valence-electron chi connectivity index (χ3n) is 6.11. The highest BCUT2D eigenvalue weighted by molar-refractivity contribution is 5.86. The highest BCUT2D eigenvalue weighted by atomic mass is 16.5. The molecule has 8 nitrogen and oxygen atoms in total. The van der Waals surface area contributed by atoms with Gasteiger partial charge in [0.1, 0.15) is 11.4 Å². The van der Waals surface area contributed by atoms with Crippen molar-refractivity contribution in [3.8, 4) is 23.0 Å². The minimum Gasteiger partial charge on any atom is -0.437 e. The molecule has 1 aliphatic heterocycles. The highest BCUT2D eigenvalue weighted by Crippen LogP contribution is 2.33. The van der Waals surface area contributed by atoms with Crippen LogP contribution in [0.3, 0.4) is 0 Å². The fourth-order valence-corrected chi connectivity index (χ4v) is 4.45. The second kappa shape index (κ2) is 7.97. The van der Waals surface area contributed by atoms with Crippen LogP contribution >= 0.6 is 0 Å². The van der Waals surface area contributed by atoms with Crippen LogP contribution in [0.4, 0.5) is 0 Å². The van der Waals surface area contributed by atoms with Gasteiger partial charge in [-0.1, -0.05) is 18.2 Å². The topological polar surface area (TPSA) is 82.2 Å². The highest BCUT2D eigenvalue weighted by Gasteiger charge is 2.20. The van der Waals surface area contributed by atoms with Gasteiger partial charge in [-0.15, -0.1) is 0 Å². The normalized spacial score (nSPS) is 14.8. The first-order valence-electron chi connectivity index (χ1n) is 11.3. The Morgan fingerprint density at radius 1 is 0.939 bits per heavy atom. The van der Waals surface area contributed by atoms with Crippen LogP contribution in [0.5, 0.6) is 11.6 Å². The fraction of sp³-hybridized carbons (Fsp3) is 0.280. The average molecular weight is 440 g/mol. The van der Waals surface area contributed by atoms with Gasteiger partial charge in [-0.3, -0.25) is 4.68 Å². The van der Waals surface area contributed by atoms with Crippen molar-refractivity contribution >= 4 is 16.6 Å². The van der Waals surface area contributed by atoms with Gasteiger partial charge < -0.3 is 10.1 Å². The van der Waals surface area contributed by atoms with Crippen LogP contribution in [0, 0.1) is 13.8 Å². The Bertz CT molecular complexity index is 1450. The molecule has 0 amide bonds. The molecule has 4 aromatic heterocycles. The zero-order chi connectivity index (χ0) is 22.4.